The highest BCUT2D eigenvalue weighted by Crippen LogP contribution is 2.32. The van der Waals surface area contributed by atoms with Gasteiger partial charge in [0.1, 0.15) is 0 Å². The van der Waals surface area contributed by atoms with Gasteiger partial charge in [-0.25, -0.2) is 0 Å². The van der Waals surface area contributed by atoms with Gasteiger partial charge in [-0.05, 0) is 37.3 Å². The summed E-state index contributed by atoms with van der Waals surface area (Å²) in [5.41, 5.74) is 0.978. The van der Waals surface area contributed by atoms with Crippen molar-refractivity contribution in [3.05, 3.63) is 30.3 Å². The fourth-order valence-electron chi connectivity index (χ4n) is 3.24. The third-order valence-electron chi connectivity index (χ3n) is 5.11. The Morgan fingerprint density at radius 3 is 2.77 bits per heavy atom. The van der Waals surface area contributed by atoms with Crippen molar-refractivity contribution in [1.29, 1.82) is 0 Å². The SMILES string of the molecule is C[C@@H]1[C@@H](C)CCC[C@H]1NC(=O)[C@@H](C)Sc1nnc(Nc2ccccc2)s1. The number of hydrogen-bond donors (Lipinski definition) is 2. The van der Waals surface area contributed by atoms with Crippen molar-refractivity contribution in [2.75, 3.05) is 5.32 Å². The van der Waals surface area contributed by atoms with Crippen LogP contribution in [0, 0.1) is 11.8 Å². The van der Waals surface area contributed by atoms with Gasteiger partial charge < -0.3 is 10.6 Å². The minimum absolute atomic E-state index is 0.0914. The molecule has 1 fully saturated rings. The van der Waals surface area contributed by atoms with Gasteiger partial charge in [-0.3, -0.25) is 4.79 Å². The van der Waals surface area contributed by atoms with Gasteiger partial charge >= 0.3 is 0 Å². The summed E-state index contributed by atoms with van der Waals surface area (Å²) in [4.78, 5) is 12.6. The first-order valence-electron chi connectivity index (χ1n) is 9.15. The number of aromatic nitrogens is 2. The lowest BCUT2D eigenvalue weighted by Crippen LogP contribution is -2.46. The number of benzene rings is 1. The summed E-state index contributed by atoms with van der Waals surface area (Å²) in [6.07, 6.45) is 3.54. The first-order valence-corrected chi connectivity index (χ1v) is 10.8. The van der Waals surface area contributed by atoms with E-state index in [0.717, 1.165) is 21.6 Å². The Balaban J connectivity index is 1.53. The predicted octanol–water partition coefficient (Wildman–Crippen LogP) is 4.70. The summed E-state index contributed by atoms with van der Waals surface area (Å²) in [6.45, 7) is 6.46. The van der Waals surface area contributed by atoms with E-state index in [1.165, 1.54) is 35.9 Å². The Kier molecular flexibility index (Phi) is 6.53. The first kappa shape index (κ1) is 19.2. The number of hydrogen-bond acceptors (Lipinski definition) is 6. The highest BCUT2D eigenvalue weighted by Gasteiger charge is 2.29. The molecule has 4 atom stereocenters. The summed E-state index contributed by atoms with van der Waals surface area (Å²) in [6, 6.07) is 10.2. The van der Waals surface area contributed by atoms with E-state index < -0.39 is 0 Å². The van der Waals surface area contributed by atoms with E-state index in [0.29, 0.717) is 17.9 Å². The number of amides is 1. The molecular weight excluding hydrogens is 364 g/mol. The second-order valence-corrected chi connectivity index (χ2v) is 9.57. The number of nitrogens with zero attached hydrogens (tertiary/aromatic N) is 2. The minimum atomic E-state index is -0.183. The Morgan fingerprint density at radius 1 is 1.23 bits per heavy atom. The van der Waals surface area contributed by atoms with Gasteiger partial charge in [-0.1, -0.05) is 68.0 Å². The van der Waals surface area contributed by atoms with Crippen LogP contribution in [0.4, 0.5) is 10.8 Å². The first-order chi connectivity index (χ1) is 12.5. The van der Waals surface area contributed by atoms with E-state index in [1.54, 1.807) is 0 Å². The van der Waals surface area contributed by atoms with Crippen LogP contribution in [-0.4, -0.2) is 27.4 Å². The molecule has 5 nitrogen and oxygen atoms in total. The quantitative estimate of drug-likeness (QED) is 0.700. The van der Waals surface area contributed by atoms with Crippen molar-refractivity contribution in [1.82, 2.24) is 15.5 Å². The van der Waals surface area contributed by atoms with Gasteiger partial charge in [-0.15, -0.1) is 10.2 Å². The maximum absolute atomic E-state index is 12.6. The molecule has 1 heterocycles. The zero-order valence-electron chi connectivity index (χ0n) is 15.4. The number of anilines is 2. The zero-order chi connectivity index (χ0) is 18.5. The Hall–Kier alpha value is -1.60. The molecule has 0 aliphatic heterocycles. The zero-order valence-corrected chi connectivity index (χ0v) is 17.1. The molecule has 140 valence electrons. The van der Waals surface area contributed by atoms with Crippen LogP contribution in [0.25, 0.3) is 0 Å². The van der Waals surface area contributed by atoms with Crippen LogP contribution < -0.4 is 10.6 Å². The lowest BCUT2D eigenvalue weighted by atomic mass is 9.78. The van der Waals surface area contributed by atoms with E-state index in [4.69, 9.17) is 0 Å². The smallest absolute Gasteiger partial charge is 0.233 e. The van der Waals surface area contributed by atoms with E-state index in [1.807, 2.05) is 37.3 Å². The van der Waals surface area contributed by atoms with Crippen molar-refractivity contribution in [2.24, 2.45) is 11.8 Å². The summed E-state index contributed by atoms with van der Waals surface area (Å²) >= 11 is 2.94. The van der Waals surface area contributed by atoms with Crippen LogP contribution in [0.2, 0.25) is 0 Å². The molecule has 1 aliphatic carbocycles. The molecule has 1 aliphatic rings. The van der Waals surface area contributed by atoms with Crippen molar-refractivity contribution < 1.29 is 4.79 Å². The molecule has 0 bridgehead atoms. The highest BCUT2D eigenvalue weighted by molar-refractivity contribution is 8.02. The van der Waals surface area contributed by atoms with Crippen LogP contribution in [0.15, 0.2) is 34.7 Å². The van der Waals surface area contributed by atoms with Crippen molar-refractivity contribution in [3.8, 4) is 0 Å². The number of rotatable bonds is 6. The highest BCUT2D eigenvalue weighted by atomic mass is 32.2. The van der Waals surface area contributed by atoms with Crippen molar-refractivity contribution in [2.45, 2.75) is 55.7 Å². The van der Waals surface area contributed by atoms with Crippen LogP contribution in [0.1, 0.15) is 40.0 Å². The molecule has 0 unspecified atom stereocenters. The van der Waals surface area contributed by atoms with Gasteiger partial charge in [0.05, 0.1) is 5.25 Å². The van der Waals surface area contributed by atoms with E-state index in [2.05, 4.69) is 34.7 Å². The van der Waals surface area contributed by atoms with Gasteiger partial charge in [0.2, 0.25) is 11.0 Å². The molecule has 1 saturated carbocycles. The molecule has 2 aromatic rings. The monoisotopic (exact) mass is 390 g/mol. The average Bonchev–Trinajstić information content (AvgIpc) is 3.06. The lowest BCUT2D eigenvalue weighted by molar-refractivity contribution is -0.121. The predicted molar refractivity (Wildman–Crippen MR) is 109 cm³/mol. The third kappa shape index (κ3) is 4.98. The van der Waals surface area contributed by atoms with E-state index in [9.17, 15) is 4.79 Å². The number of carbonyl (C=O) groups is 1. The van der Waals surface area contributed by atoms with Gasteiger partial charge in [0, 0.05) is 11.7 Å². The normalized spacial score (nSPS) is 24.0. The van der Waals surface area contributed by atoms with Crippen LogP contribution in [0.5, 0.6) is 0 Å². The summed E-state index contributed by atoms with van der Waals surface area (Å²) < 4.78 is 0.802. The average molecular weight is 391 g/mol. The maximum Gasteiger partial charge on any atom is 0.233 e. The van der Waals surface area contributed by atoms with Gasteiger partial charge in [0.25, 0.3) is 0 Å². The molecule has 26 heavy (non-hydrogen) atoms. The largest absolute Gasteiger partial charge is 0.352 e. The molecule has 0 spiro atoms. The molecule has 3 rings (SSSR count). The standard InChI is InChI=1S/C19H26N4OS2/c1-12-8-7-11-16(13(12)2)21-17(24)14(3)25-19-23-22-18(26-19)20-15-9-5-4-6-10-15/h4-6,9-10,12-14,16H,7-8,11H2,1-3H3,(H,20,22)(H,21,24)/t12-,13+,14+,16+/m0/s1. The van der Waals surface area contributed by atoms with E-state index >= 15 is 0 Å². The lowest BCUT2D eigenvalue weighted by Gasteiger charge is -2.35. The fourth-order valence-corrected chi connectivity index (χ4v) is 5.17. The van der Waals surface area contributed by atoms with Crippen molar-refractivity contribution in [3.63, 3.8) is 0 Å². The minimum Gasteiger partial charge on any atom is -0.352 e. The summed E-state index contributed by atoms with van der Waals surface area (Å²) in [5.74, 6) is 1.30. The summed E-state index contributed by atoms with van der Waals surface area (Å²) in [5, 5.41) is 15.4. The van der Waals surface area contributed by atoms with E-state index in [-0.39, 0.29) is 11.2 Å². The Labute approximate surface area is 163 Å². The molecule has 1 aromatic carbocycles. The molecule has 2 N–H and O–H groups in total. The Morgan fingerprint density at radius 2 is 2.00 bits per heavy atom. The third-order valence-corrected chi connectivity index (χ3v) is 7.14. The summed E-state index contributed by atoms with van der Waals surface area (Å²) in [7, 11) is 0. The topological polar surface area (TPSA) is 66.9 Å². The van der Waals surface area contributed by atoms with Crippen LogP contribution >= 0.6 is 23.1 Å². The Bertz CT molecular complexity index is 721. The van der Waals surface area contributed by atoms with Crippen molar-refractivity contribution >= 4 is 39.8 Å². The molecule has 7 heteroatoms. The second kappa shape index (κ2) is 8.86. The molecule has 0 radical (unpaired) electrons. The fraction of sp³-hybridized carbons (Fsp3) is 0.526. The van der Waals surface area contributed by atoms with Gasteiger partial charge in [-0.2, -0.15) is 0 Å². The molecule has 1 amide bonds. The number of carbonyl (C=O) groups excluding carboxylic acids is 1. The van der Waals surface area contributed by atoms with Gasteiger partial charge in [0.15, 0.2) is 4.34 Å². The maximum atomic E-state index is 12.6. The number of nitrogens with one attached hydrogen (secondary N) is 2. The number of thioether (sulfide) groups is 1. The molecular formula is C19H26N4OS2. The number of para-hydroxylation sites is 1. The molecule has 0 saturated heterocycles. The second-order valence-electron chi connectivity index (χ2n) is 7.01. The van der Waals surface area contributed by atoms with Crippen LogP contribution in [0.3, 0.4) is 0 Å². The van der Waals surface area contributed by atoms with Crippen LogP contribution in [-0.2, 0) is 4.79 Å². The molecule has 1 aromatic heterocycles.